The molecular weight excluding hydrogens is 365 g/mol. The van der Waals surface area contributed by atoms with E-state index in [1.165, 1.54) is 24.3 Å². The van der Waals surface area contributed by atoms with E-state index in [0.29, 0.717) is 12.2 Å². The molecule has 0 aromatic heterocycles. The van der Waals surface area contributed by atoms with Crippen molar-refractivity contribution in [1.82, 2.24) is 0 Å². The third-order valence-electron chi connectivity index (χ3n) is 3.65. The van der Waals surface area contributed by atoms with Crippen LogP contribution >= 0.6 is 0 Å². The maximum atomic E-state index is 13.1. The van der Waals surface area contributed by atoms with E-state index in [9.17, 15) is 21.2 Å². The molecule has 0 aliphatic carbocycles. The largest absolute Gasteiger partial charge is 0.366 e. The van der Waals surface area contributed by atoms with Crippen molar-refractivity contribution in [1.29, 1.82) is 0 Å². The van der Waals surface area contributed by atoms with Crippen LogP contribution in [0, 0.1) is 5.82 Å². The van der Waals surface area contributed by atoms with Crippen LogP contribution in [0.25, 0.3) is 0 Å². The van der Waals surface area contributed by atoms with Gasteiger partial charge >= 0.3 is 0 Å². The van der Waals surface area contributed by atoms with Gasteiger partial charge < -0.3 is 4.90 Å². The minimum absolute atomic E-state index is 0.0397. The molecule has 2 aromatic rings. The second kappa shape index (κ2) is 7.53. The highest BCUT2D eigenvalue weighted by Gasteiger charge is 2.13. The lowest BCUT2D eigenvalue weighted by atomic mass is 10.2. The summed E-state index contributed by atoms with van der Waals surface area (Å²) in [7, 11) is -6.46. The molecular formula is C17H20FNO4S2. The number of sulfone groups is 2. The first kappa shape index (κ1) is 19.4. The van der Waals surface area contributed by atoms with Crippen LogP contribution < -0.4 is 4.90 Å². The molecule has 2 aromatic carbocycles. The number of hydrogen-bond acceptors (Lipinski definition) is 5. The van der Waals surface area contributed by atoms with E-state index in [2.05, 4.69) is 0 Å². The Balaban J connectivity index is 2.28. The Kier molecular flexibility index (Phi) is 5.84. The monoisotopic (exact) mass is 385 g/mol. The van der Waals surface area contributed by atoms with Crippen LogP contribution in [0.4, 0.5) is 10.1 Å². The molecule has 2 rings (SSSR count). The van der Waals surface area contributed by atoms with Crippen LogP contribution in [-0.4, -0.2) is 41.6 Å². The molecule has 0 saturated heterocycles. The summed E-state index contributed by atoms with van der Waals surface area (Å²) in [4.78, 5) is 2.02. The molecule has 0 aliphatic heterocycles. The summed E-state index contributed by atoms with van der Waals surface area (Å²) < 4.78 is 59.2. The Bertz CT molecular complexity index is 922. The number of nitrogens with zero attached hydrogens (tertiary/aromatic N) is 1. The van der Waals surface area contributed by atoms with Gasteiger partial charge in [0.1, 0.15) is 15.7 Å². The van der Waals surface area contributed by atoms with Crippen LogP contribution in [0.3, 0.4) is 0 Å². The van der Waals surface area contributed by atoms with E-state index in [1.807, 2.05) is 4.90 Å². The lowest BCUT2D eigenvalue weighted by Crippen LogP contribution is -2.28. The van der Waals surface area contributed by atoms with E-state index in [-0.39, 0.29) is 23.0 Å². The molecule has 5 nitrogen and oxygen atoms in total. The van der Waals surface area contributed by atoms with Gasteiger partial charge in [-0.15, -0.1) is 0 Å². The number of hydrogen-bond donors (Lipinski definition) is 0. The summed E-state index contributed by atoms with van der Waals surface area (Å²) >= 11 is 0. The number of benzene rings is 2. The van der Waals surface area contributed by atoms with Crippen LogP contribution in [0.2, 0.25) is 0 Å². The highest BCUT2D eigenvalue weighted by Crippen LogP contribution is 2.20. The molecule has 0 radical (unpaired) electrons. The Labute approximate surface area is 147 Å². The van der Waals surface area contributed by atoms with E-state index >= 15 is 0 Å². The van der Waals surface area contributed by atoms with Crippen LogP contribution in [-0.2, 0) is 26.2 Å². The molecule has 8 heteroatoms. The molecule has 0 unspecified atom stereocenters. The SMILES string of the molecule is CS(=O)(=O)CCN(Cc1ccc(F)cc1)c1ccc(S(C)(=O)=O)cc1. The molecule has 25 heavy (non-hydrogen) atoms. The summed E-state index contributed by atoms with van der Waals surface area (Å²) in [5.74, 6) is -0.383. The van der Waals surface area contributed by atoms with Crippen molar-refractivity contribution >= 4 is 25.4 Å². The average Bonchev–Trinajstić information content (AvgIpc) is 2.52. The second-order valence-corrected chi connectivity index (χ2v) is 10.2. The van der Waals surface area contributed by atoms with Gasteiger partial charge in [0.25, 0.3) is 0 Å². The summed E-state index contributed by atoms with van der Waals surface area (Å²) in [6, 6.07) is 12.2. The van der Waals surface area contributed by atoms with Gasteiger partial charge in [-0.25, -0.2) is 21.2 Å². The molecule has 0 aliphatic rings. The van der Waals surface area contributed by atoms with Crippen molar-refractivity contribution < 1.29 is 21.2 Å². The molecule has 0 amide bonds. The number of rotatable bonds is 7. The first-order valence-corrected chi connectivity index (χ1v) is 11.5. The zero-order valence-electron chi connectivity index (χ0n) is 14.0. The molecule has 136 valence electrons. The summed E-state index contributed by atoms with van der Waals surface area (Å²) in [6.45, 7) is 0.627. The molecule has 0 heterocycles. The van der Waals surface area contributed by atoms with Gasteiger partial charge in [-0.2, -0.15) is 0 Å². The van der Waals surface area contributed by atoms with Gasteiger partial charge in [0.15, 0.2) is 9.84 Å². The third-order valence-corrected chi connectivity index (χ3v) is 5.70. The molecule has 0 bridgehead atoms. The first-order valence-electron chi connectivity index (χ1n) is 7.52. The van der Waals surface area contributed by atoms with Crippen molar-refractivity contribution in [3.8, 4) is 0 Å². The Hall–Kier alpha value is -1.93. The van der Waals surface area contributed by atoms with Gasteiger partial charge in [-0.05, 0) is 42.0 Å². The fourth-order valence-electron chi connectivity index (χ4n) is 2.29. The predicted molar refractivity (Wildman–Crippen MR) is 96.7 cm³/mol. The fraction of sp³-hybridized carbons (Fsp3) is 0.294. The van der Waals surface area contributed by atoms with Crippen molar-refractivity contribution in [2.24, 2.45) is 0 Å². The smallest absolute Gasteiger partial charge is 0.175 e. The van der Waals surface area contributed by atoms with Gasteiger partial charge in [0, 0.05) is 31.3 Å². The number of anilines is 1. The van der Waals surface area contributed by atoms with Crippen LogP contribution in [0.5, 0.6) is 0 Å². The second-order valence-electron chi connectivity index (χ2n) is 5.94. The standard InChI is InChI=1S/C17H20FNO4S2/c1-24(20,21)12-11-19(13-14-3-5-15(18)6-4-14)16-7-9-17(10-8-16)25(2,22)23/h3-10H,11-13H2,1-2H3. The van der Waals surface area contributed by atoms with Crippen molar-refractivity contribution in [3.05, 3.63) is 59.9 Å². The van der Waals surface area contributed by atoms with E-state index in [4.69, 9.17) is 0 Å². The molecule has 0 N–H and O–H groups in total. The fourth-order valence-corrected chi connectivity index (χ4v) is 3.47. The Morgan fingerprint density at radius 2 is 1.44 bits per heavy atom. The molecule has 0 spiro atoms. The minimum atomic E-state index is -3.30. The summed E-state index contributed by atoms with van der Waals surface area (Å²) in [5, 5.41) is 0. The normalized spacial score (nSPS) is 12.1. The first-order chi connectivity index (χ1) is 11.5. The highest BCUT2D eigenvalue weighted by molar-refractivity contribution is 7.91. The lowest BCUT2D eigenvalue weighted by molar-refractivity contribution is 0.599. The van der Waals surface area contributed by atoms with Crippen molar-refractivity contribution in [2.75, 3.05) is 29.7 Å². The van der Waals surface area contributed by atoms with Crippen LogP contribution in [0.15, 0.2) is 53.4 Å². The van der Waals surface area contributed by atoms with Gasteiger partial charge in [-0.1, -0.05) is 12.1 Å². The van der Waals surface area contributed by atoms with E-state index in [0.717, 1.165) is 18.1 Å². The minimum Gasteiger partial charge on any atom is -0.366 e. The van der Waals surface area contributed by atoms with Gasteiger partial charge in [0.2, 0.25) is 0 Å². The average molecular weight is 385 g/mol. The number of halogens is 1. The maximum absolute atomic E-state index is 13.1. The van der Waals surface area contributed by atoms with E-state index in [1.54, 1.807) is 24.3 Å². The van der Waals surface area contributed by atoms with Crippen molar-refractivity contribution in [3.63, 3.8) is 0 Å². The zero-order valence-corrected chi connectivity index (χ0v) is 15.6. The third kappa shape index (κ3) is 6.13. The topological polar surface area (TPSA) is 71.5 Å². The van der Waals surface area contributed by atoms with Gasteiger partial charge in [-0.3, -0.25) is 0 Å². The Morgan fingerprint density at radius 1 is 0.880 bits per heavy atom. The van der Waals surface area contributed by atoms with Crippen molar-refractivity contribution in [2.45, 2.75) is 11.4 Å². The highest BCUT2D eigenvalue weighted by atomic mass is 32.2. The molecule has 0 fully saturated rings. The predicted octanol–water partition coefficient (Wildman–Crippen LogP) is 2.28. The van der Waals surface area contributed by atoms with Gasteiger partial charge in [0.05, 0.1) is 10.6 Å². The van der Waals surface area contributed by atoms with Crippen LogP contribution in [0.1, 0.15) is 5.56 Å². The van der Waals surface area contributed by atoms with E-state index < -0.39 is 19.7 Å². The zero-order chi connectivity index (χ0) is 18.7. The summed E-state index contributed by atoms with van der Waals surface area (Å²) in [5.41, 5.74) is 1.52. The summed E-state index contributed by atoms with van der Waals surface area (Å²) in [6.07, 6.45) is 2.29. The quantitative estimate of drug-likeness (QED) is 0.731. The maximum Gasteiger partial charge on any atom is 0.175 e. The Morgan fingerprint density at radius 3 is 1.92 bits per heavy atom. The molecule has 0 atom stereocenters. The lowest BCUT2D eigenvalue weighted by Gasteiger charge is -2.25. The molecule has 0 saturated carbocycles.